The van der Waals surface area contributed by atoms with Gasteiger partial charge in [0.15, 0.2) is 0 Å². The SMILES string of the molecule is Clc1ccc2ccc3ccc(-c4c5ccccc5c(-c5cccc(-c6ccccc6)c5)c5ccccc45)cc3c2c1. The summed E-state index contributed by atoms with van der Waals surface area (Å²) in [6.07, 6.45) is 0. The lowest BCUT2D eigenvalue weighted by molar-refractivity contribution is 1.61. The van der Waals surface area contributed by atoms with E-state index in [0.717, 1.165) is 5.02 Å². The van der Waals surface area contributed by atoms with Crippen molar-refractivity contribution in [3.05, 3.63) is 157 Å². The summed E-state index contributed by atoms with van der Waals surface area (Å²) in [6.45, 7) is 0. The Labute approximate surface area is 244 Å². The van der Waals surface area contributed by atoms with Crippen LogP contribution in [0.2, 0.25) is 5.02 Å². The largest absolute Gasteiger partial charge is 0.0843 e. The molecular weight excluding hydrogens is 516 g/mol. The molecule has 0 spiro atoms. The van der Waals surface area contributed by atoms with Crippen LogP contribution in [0.5, 0.6) is 0 Å². The van der Waals surface area contributed by atoms with Crippen LogP contribution < -0.4 is 0 Å². The van der Waals surface area contributed by atoms with Crippen molar-refractivity contribution in [1.82, 2.24) is 0 Å². The number of hydrogen-bond acceptors (Lipinski definition) is 0. The van der Waals surface area contributed by atoms with E-state index in [4.69, 9.17) is 11.6 Å². The van der Waals surface area contributed by atoms with Crippen LogP contribution in [-0.4, -0.2) is 0 Å². The van der Waals surface area contributed by atoms with Crippen molar-refractivity contribution in [2.75, 3.05) is 0 Å². The summed E-state index contributed by atoms with van der Waals surface area (Å²) in [5, 5.41) is 10.6. The Kier molecular flexibility index (Phi) is 5.62. The van der Waals surface area contributed by atoms with Crippen LogP contribution in [0.1, 0.15) is 0 Å². The summed E-state index contributed by atoms with van der Waals surface area (Å²) in [5.74, 6) is 0. The maximum atomic E-state index is 6.46. The Bertz CT molecular complexity index is 2200. The molecule has 0 heterocycles. The fourth-order valence-corrected chi connectivity index (χ4v) is 6.58. The molecule has 1 heteroatoms. The summed E-state index contributed by atoms with van der Waals surface area (Å²) in [5.41, 5.74) is 7.42. The molecule has 192 valence electrons. The summed E-state index contributed by atoms with van der Waals surface area (Å²) < 4.78 is 0. The molecule has 0 fully saturated rings. The highest BCUT2D eigenvalue weighted by atomic mass is 35.5. The van der Waals surface area contributed by atoms with E-state index in [1.165, 1.54) is 76.5 Å². The monoisotopic (exact) mass is 540 g/mol. The van der Waals surface area contributed by atoms with Crippen LogP contribution in [0, 0.1) is 0 Å². The molecule has 8 aromatic rings. The first kappa shape index (κ1) is 23.9. The van der Waals surface area contributed by atoms with Crippen molar-refractivity contribution in [1.29, 1.82) is 0 Å². The first-order valence-corrected chi connectivity index (χ1v) is 14.3. The average Bonchev–Trinajstić information content (AvgIpc) is 3.03. The molecule has 0 unspecified atom stereocenters. The van der Waals surface area contributed by atoms with E-state index in [1.54, 1.807) is 0 Å². The third kappa shape index (κ3) is 3.99. The molecule has 0 radical (unpaired) electrons. The van der Waals surface area contributed by atoms with E-state index in [1.807, 2.05) is 6.07 Å². The van der Waals surface area contributed by atoms with E-state index < -0.39 is 0 Å². The van der Waals surface area contributed by atoms with E-state index in [0.29, 0.717) is 0 Å². The van der Waals surface area contributed by atoms with Gasteiger partial charge in [0.2, 0.25) is 0 Å². The summed E-state index contributed by atoms with van der Waals surface area (Å²) in [4.78, 5) is 0. The highest BCUT2D eigenvalue weighted by molar-refractivity contribution is 6.32. The second-order valence-corrected chi connectivity index (χ2v) is 11.1. The van der Waals surface area contributed by atoms with Crippen LogP contribution in [-0.2, 0) is 0 Å². The summed E-state index contributed by atoms with van der Waals surface area (Å²) in [6, 6.07) is 54.6. The van der Waals surface area contributed by atoms with Crippen molar-refractivity contribution in [3.8, 4) is 33.4 Å². The molecule has 0 aliphatic heterocycles. The predicted octanol–water partition coefficient (Wildman–Crippen LogP) is 12.0. The zero-order valence-corrected chi connectivity index (χ0v) is 23.1. The van der Waals surface area contributed by atoms with Gasteiger partial charge in [-0.05, 0) is 101 Å². The fraction of sp³-hybridized carbons (Fsp3) is 0. The van der Waals surface area contributed by atoms with Gasteiger partial charge in [-0.1, -0.05) is 139 Å². The molecule has 0 saturated carbocycles. The zero-order valence-electron chi connectivity index (χ0n) is 22.3. The van der Waals surface area contributed by atoms with Crippen LogP contribution in [0.25, 0.3) is 76.5 Å². The van der Waals surface area contributed by atoms with Crippen molar-refractivity contribution in [2.45, 2.75) is 0 Å². The highest BCUT2D eigenvalue weighted by Crippen LogP contribution is 2.45. The maximum Gasteiger partial charge on any atom is 0.0412 e. The Balaban J connectivity index is 1.44. The van der Waals surface area contributed by atoms with Crippen molar-refractivity contribution in [2.24, 2.45) is 0 Å². The molecule has 41 heavy (non-hydrogen) atoms. The lowest BCUT2D eigenvalue weighted by Crippen LogP contribution is -1.91. The van der Waals surface area contributed by atoms with E-state index in [9.17, 15) is 0 Å². The molecule has 0 N–H and O–H groups in total. The average molecular weight is 541 g/mol. The Morgan fingerprint density at radius 2 is 0.756 bits per heavy atom. The minimum Gasteiger partial charge on any atom is -0.0843 e. The van der Waals surface area contributed by atoms with Gasteiger partial charge < -0.3 is 0 Å². The molecule has 0 saturated heterocycles. The molecule has 0 aromatic heterocycles. The quantitative estimate of drug-likeness (QED) is 0.154. The van der Waals surface area contributed by atoms with Crippen LogP contribution in [0.4, 0.5) is 0 Å². The molecule has 0 aliphatic carbocycles. The molecule has 0 nitrogen and oxygen atoms in total. The number of rotatable bonds is 3. The normalized spacial score (nSPS) is 11.5. The number of benzene rings is 8. The smallest absolute Gasteiger partial charge is 0.0412 e. The first-order chi connectivity index (χ1) is 20.2. The van der Waals surface area contributed by atoms with Crippen molar-refractivity contribution < 1.29 is 0 Å². The van der Waals surface area contributed by atoms with Crippen LogP contribution in [0.15, 0.2) is 152 Å². The molecule has 0 aliphatic rings. The van der Waals surface area contributed by atoms with Crippen molar-refractivity contribution in [3.63, 3.8) is 0 Å². The Hall–Kier alpha value is -4.91. The number of hydrogen-bond donors (Lipinski definition) is 0. The minimum atomic E-state index is 0.758. The van der Waals surface area contributed by atoms with Gasteiger partial charge in [0.1, 0.15) is 0 Å². The van der Waals surface area contributed by atoms with Gasteiger partial charge >= 0.3 is 0 Å². The molecule has 0 bridgehead atoms. The zero-order chi connectivity index (χ0) is 27.3. The third-order valence-corrected chi connectivity index (χ3v) is 8.51. The summed E-state index contributed by atoms with van der Waals surface area (Å²) in [7, 11) is 0. The topological polar surface area (TPSA) is 0 Å². The third-order valence-electron chi connectivity index (χ3n) is 8.28. The van der Waals surface area contributed by atoms with E-state index in [2.05, 4.69) is 146 Å². The Morgan fingerprint density at radius 1 is 0.293 bits per heavy atom. The fourth-order valence-electron chi connectivity index (χ4n) is 6.41. The lowest BCUT2D eigenvalue weighted by atomic mass is 9.85. The van der Waals surface area contributed by atoms with Gasteiger partial charge in [0.25, 0.3) is 0 Å². The van der Waals surface area contributed by atoms with E-state index in [-0.39, 0.29) is 0 Å². The first-order valence-electron chi connectivity index (χ1n) is 14.0. The molecule has 0 atom stereocenters. The lowest BCUT2D eigenvalue weighted by Gasteiger charge is -2.18. The standard InChI is InChI=1S/C40H25Cl/c41-32-22-21-28-18-17-27-19-20-31(24-37(27)38(28)25-32)40-35-15-6-4-13-33(35)39(34-14-5-7-16-36(34)40)30-12-8-11-29(23-30)26-9-2-1-3-10-26/h1-25H. The van der Waals surface area contributed by atoms with Crippen molar-refractivity contribution >= 4 is 54.7 Å². The summed E-state index contributed by atoms with van der Waals surface area (Å²) >= 11 is 6.46. The second kappa shape index (κ2) is 9.63. The molecule has 8 rings (SSSR count). The predicted molar refractivity (Wildman–Crippen MR) is 178 cm³/mol. The molecule has 0 amide bonds. The van der Waals surface area contributed by atoms with Gasteiger partial charge in [-0.3, -0.25) is 0 Å². The van der Waals surface area contributed by atoms with Gasteiger partial charge in [-0.15, -0.1) is 0 Å². The van der Waals surface area contributed by atoms with Gasteiger partial charge in [0.05, 0.1) is 0 Å². The number of fused-ring (bicyclic) bond motifs is 5. The van der Waals surface area contributed by atoms with E-state index >= 15 is 0 Å². The second-order valence-electron chi connectivity index (χ2n) is 10.7. The maximum absolute atomic E-state index is 6.46. The molecule has 8 aromatic carbocycles. The Morgan fingerprint density at radius 3 is 1.39 bits per heavy atom. The number of halogens is 1. The van der Waals surface area contributed by atoms with Gasteiger partial charge in [-0.25, -0.2) is 0 Å². The van der Waals surface area contributed by atoms with Gasteiger partial charge in [0, 0.05) is 5.02 Å². The highest BCUT2D eigenvalue weighted by Gasteiger charge is 2.17. The minimum absolute atomic E-state index is 0.758. The molecular formula is C40H25Cl. The van der Waals surface area contributed by atoms with Crippen LogP contribution >= 0.6 is 11.6 Å². The van der Waals surface area contributed by atoms with Crippen LogP contribution in [0.3, 0.4) is 0 Å². The van der Waals surface area contributed by atoms with Gasteiger partial charge in [-0.2, -0.15) is 0 Å².